The van der Waals surface area contributed by atoms with Gasteiger partial charge in [-0.15, -0.1) is 0 Å². The number of carbonyl (C=O) groups is 1. The van der Waals surface area contributed by atoms with Crippen LogP contribution in [0.25, 0.3) is 21.7 Å². The fourth-order valence-electron chi connectivity index (χ4n) is 4.25. The number of hydrogen-bond donors (Lipinski definition) is 1. The molecule has 4 heteroatoms. The SMILES string of the molecule is O=C(Nc1ccc2c(ccn2Cc2ccc3ccccc3c2)c1)OC1CCCC1. The van der Waals surface area contributed by atoms with E-state index in [1.165, 1.54) is 16.3 Å². The summed E-state index contributed by atoms with van der Waals surface area (Å²) in [5.41, 5.74) is 3.18. The molecule has 1 amide bonds. The van der Waals surface area contributed by atoms with Gasteiger partial charge in [-0.25, -0.2) is 4.79 Å². The van der Waals surface area contributed by atoms with Crippen LogP contribution in [0.15, 0.2) is 72.9 Å². The predicted octanol–water partition coefficient (Wildman–Crippen LogP) is 6.33. The Hall–Kier alpha value is -3.27. The van der Waals surface area contributed by atoms with Crippen LogP contribution in [0.5, 0.6) is 0 Å². The predicted molar refractivity (Wildman–Crippen MR) is 117 cm³/mol. The lowest BCUT2D eigenvalue weighted by Gasteiger charge is -2.12. The zero-order valence-corrected chi connectivity index (χ0v) is 16.3. The summed E-state index contributed by atoms with van der Waals surface area (Å²) in [5.74, 6) is 0. The lowest BCUT2D eigenvalue weighted by atomic mass is 10.1. The normalized spacial score (nSPS) is 14.5. The number of ether oxygens (including phenoxy) is 1. The van der Waals surface area contributed by atoms with E-state index >= 15 is 0 Å². The van der Waals surface area contributed by atoms with Gasteiger partial charge >= 0.3 is 6.09 Å². The van der Waals surface area contributed by atoms with E-state index in [-0.39, 0.29) is 12.2 Å². The van der Waals surface area contributed by atoms with E-state index in [4.69, 9.17) is 4.74 Å². The molecule has 146 valence electrons. The van der Waals surface area contributed by atoms with Gasteiger partial charge in [0.15, 0.2) is 0 Å². The van der Waals surface area contributed by atoms with Crippen LogP contribution in [-0.4, -0.2) is 16.8 Å². The lowest BCUT2D eigenvalue weighted by molar-refractivity contribution is 0.114. The first-order valence-corrected chi connectivity index (χ1v) is 10.3. The van der Waals surface area contributed by atoms with Crippen LogP contribution in [0.1, 0.15) is 31.2 Å². The molecule has 1 aliphatic rings. The van der Waals surface area contributed by atoms with Gasteiger partial charge in [0.25, 0.3) is 0 Å². The number of rotatable bonds is 4. The largest absolute Gasteiger partial charge is 0.446 e. The van der Waals surface area contributed by atoms with E-state index in [2.05, 4.69) is 70.7 Å². The van der Waals surface area contributed by atoms with Crippen LogP contribution in [0.2, 0.25) is 0 Å². The van der Waals surface area contributed by atoms with Gasteiger partial charge in [-0.2, -0.15) is 0 Å². The second-order valence-electron chi connectivity index (χ2n) is 7.84. The number of aromatic nitrogens is 1. The number of benzene rings is 3. The van der Waals surface area contributed by atoms with E-state index in [0.717, 1.165) is 48.8 Å². The highest BCUT2D eigenvalue weighted by Gasteiger charge is 2.19. The van der Waals surface area contributed by atoms with E-state index in [1.807, 2.05) is 12.1 Å². The Labute approximate surface area is 170 Å². The highest BCUT2D eigenvalue weighted by molar-refractivity contribution is 5.90. The minimum absolute atomic E-state index is 0.0711. The average molecular weight is 384 g/mol. The number of fused-ring (bicyclic) bond motifs is 2. The third-order valence-corrected chi connectivity index (χ3v) is 5.76. The second-order valence-corrected chi connectivity index (χ2v) is 7.84. The molecule has 29 heavy (non-hydrogen) atoms. The molecule has 0 bridgehead atoms. The number of carbonyl (C=O) groups excluding carboxylic acids is 1. The zero-order chi connectivity index (χ0) is 19.6. The summed E-state index contributed by atoms with van der Waals surface area (Å²) in [7, 11) is 0. The number of anilines is 1. The van der Waals surface area contributed by atoms with Crippen LogP contribution in [0, 0.1) is 0 Å². The van der Waals surface area contributed by atoms with Crippen LogP contribution < -0.4 is 5.32 Å². The van der Waals surface area contributed by atoms with Crippen LogP contribution in [0.4, 0.5) is 10.5 Å². The molecule has 1 fully saturated rings. The molecular formula is C25H24N2O2. The van der Waals surface area contributed by atoms with Crippen molar-refractivity contribution in [1.82, 2.24) is 4.57 Å². The van der Waals surface area contributed by atoms with E-state index in [0.29, 0.717) is 0 Å². The quantitative estimate of drug-likeness (QED) is 0.446. The Morgan fingerprint density at radius 3 is 2.62 bits per heavy atom. The van der Waals surface area contributed by atoms with Gasteiger partial charge in [0.05, 0.1) is 0 Å². The molecule has 5 rings (SSSR count). The van der Waals surface area contributed by atoms with Gasteiger partial charge < -0.3 is 9.30 Å². The molecule has 1 saturated carbocycles. The summed E-state index contributed by atoms with van der Waals surface area (Å²) in [6.45, 7) is 0.810. The standard InChI is InChI=1S/C25H24N2O2/c28-25(29-23-7-3-4-8-23)26-22-11-12-24-21(16-22)13-14-27(24)17-18-9-10-19-5-1-2-6-20(19)15-18/h1-2,5-6,9-16,23H,3-4,7-8,17H2,(H,26,28). The van der Waals surface area contributed by atoms with E-state index in [9.17, 15) is 4.79 Å². The first-order valence-electron chi connectivity index (χ1n) is 10.3. The molecule has 0 radical (unpaired) electrons. The van der Waals surface area contributed by atoms with Crippen molar-refractivity contribution in [3.8, 4) is 0 Å². The molecule has 1 N–H and O–H groups in total. The Morgan fingerprint density at radius 2 is 1.76 bits per heavy atom. The maximum Gasteiger partial charge on any atom is 0.411 e. The van der Waals surface area contributed by atoms with Crippen molar-refractivity contribution in [3.63, 3.8) is 0 Å². The number of nitrogens with zero attached hydrogens (tertiary/aromatic N) is 1. The molecule has 0 atom stereocenters. The summed E-state index contributed by atoms with van der Waals surface area (Å²) >= 11 is 0. The molecule has 1 aromatic heterocycles. The van der Waals surface area contributed by atoms with E-state index < -0.39 is 0 Å². The first-order chi connectivity index (χ1) is 14.2. The highest BCUT2D eigenvalue weighted by Crippen LogP contribution is 2.24. The van der Waals surface area contributed by atoms with Crippen molar-refractivity contribution in [1.29, 1.82) is 0 Å². The third-order valence-electron chi connectivity index (χ3n) is 5.76. The summed E-state index contributed by atoms with van der Waals surface area (Å²) < 4.78 is 7.73. The Kier molecular flexibility index (Phi) is 4.68. The molecule has 4 nitrogen and oxygen atoms in total. The Bertz CT molecular complexity index is 1170. The Balaban J connectivity index is 1.32. The van der Waals surface area contributed by atoms with Crippen molar-refractivity contribution in [2.24, 2.45) is 0 Å². The molecule has 0 spiro atoms. The van der Waals surface area contributed by atoms with Gasteiger partial charge in [0.2, 0.25) is 0 Å². The summed E-state index contributed by atoms with van der Waals surface area (Å²) in [5, 5.41) is 6.49. The van der Waals surface area contributed by atoms with E-state index in [1.54, 1.807) is 0 Å². The summed E-state index contributed by atoms with van der Waals surface area (Å²) in [6.07, 6.45) is 6.06. The second kappa shape index (κ2) is 7.63. The van der Waals surface area contributed by atoms with Gasteiger partial charge in [-0.1, -0.05) is 36.4 Å². The summed E-state index contributed by atoms with van der Waals surface area (Å²) in [4.78, 5) is 12.1. The molecular weight excluding hydrogens is 360 g/mol. The average Bonchev–Trinajstić information content (AvgIpc) is 3.38. The summed E-state index contributed by atoms with van der Waals surface area (Å²) in [6, 6.07) is 23.1. The monoisotopic (exact) mass is 384 g/mol. The topological polar surface area (TPSA) is 43.3 Å². The van der Waals surface area contributed by atoms with Crippen LogP contribution >= 0.6 is 0 Å². The fraction of sp³-hybridized carbons (Fsp3) is 0.240. The van der Waals surface area contributed by atoms with Gasteiger partial charge in [0, 0.05) is 29.3 Å². The van der Waals surface area contributed by atoms with Crippen molar-refractivity contribution >= 4 is 33.5 Å². The number of nitrogens with one attached hydrogen (secondary N) is 1. The molecule has 0 aliphatic heterocycles. The number of hydrogen-bond acceptors (Lipinski definition) is 2. The number of amides is 1. The minimum Gasteiger partial charge on any atom is -0.446 e. The zero-order valence-electron chi connectivity index (χ0n) is 16.3. The fourth-order valence-corrected chi connectivity index (χ4v) is 4.25. The first kappa shape index (κ1) is 17.8. The smallest absolute Gasteiger partial charge is 0.411 e. The maximum atomic E-state index is 12.1. The van der Waals surface area contributed by atoms with Gasteiger partial charge in [-0.05, 0) is 72.4 Å². The van der Waals surface area contributed by atoms with Crippen molar-refractivity contribution in [3.05, 3.63) is 78.5 Å². The van der Waals surface area contributed by atoms with Gasteiger partial charge in [-0.3, -0.25) is 5.32 Å². The maximum absolute atomic E-state index is 12.1. The lowest BCUT2D eigenvalue weighted by Crippen LogP contribution is -2.20. The van der Waals surface area contributed by atoms with Crippen molar-refractivity contribution < 1.29 is 9.53 Å². The van der Waals surface area contributed by atoms with Gasteiger partial charge in [0.1, 0.15) is 6.10 Å². The molecule has 1 heterocycles. The highest BCUT2D eigenvalue weighted by atomic mass is 16.6. The van der Waals surface area contributed by atoms with Crippen LogP contribution in [0.3, 0.4) is 0 Å². The van der Waals surface area contributed by atoms with Crippen molar-refractivity contribution in [2.45, 2.75) is 38.3 Å². The van der Waals surface area contributed by atoms with Crippen LogP contribution in [-0.2, 0) is 11.3 Å². The molecule has 0 unspecified atom stereocenters. The molecule has 1 aliphatic carbocycles. The molecule has 4 aromatic rings. The molecule has 3 aromatic carbocycles. The third kappa shape index (κ3) is 3.83. The molecule has 0 saturated heterocycles. The Morgan fingerprint density at radius 1 is 0.931 bits per heavy atom. The van der Waals surface area contributed by atoms with Crippen molar-refractivity contribution in [2.75, 3.05) is 5.32 Å². The minimum atomic E-state index is -0.355.